The molecule has 1 aliphatic rings. The fraction of sp³-hybridized carbons (Fsp3) is 0.409. The molecular weight excluding hydrogens is 308 g/mol. The molecule has 0 radical (unpaired) electrons. The van der Waals surface area contributed by atoms with Crippen molar-refractivity contribution < 1.29 is 4.79 Å². The van der Waals surface area contributed by atoms with Crippen LogP contribution in [0.25, 0.3) is 0 Å². The number of hydrogen-bond acceptors (Lipinski definition) is 2. The van der Waals surface area contributed by atoms with E-state index in [1.165, 1.54) is 31.5 Å². The van der Waals surface area contributed by atoms with Crippen molar-refractivity contribution >= 4 is 5.91 Å². The zero-order valence-electron chi connectivity index (χ0n) is 15.3. The minimum Gasteiger partial charge on any atom is -0.348 e. The molecule has 0 spiro atoms. The number of nitrogens with one attached hydrogen (secondary N) is 1. The first-order valence-electron chi connectivity index (χ1n) is 9.25. The van der Waals surface area contributed by atoms with E-state index in [9.17, 15) is 4.79 Å². The van der Waals surface area contributed by atoms with Crippen LogP contribution >= 0.6 is 0 Å². The highest BCUT2D eigenvalue weighted by atomic mass is 16.1. The molecule has 3 nitrogen and oxygen atoms in total. The zero-order chi connectivity index (χ0) is 17.6. The SMILES string of the molecule is Cc1ccc(C(=O)NCc2ccc(CN3CCC[C@H](C)C3)cc2)cc1. The Morgan fingerprint density at radius 3 is 2.44 bits per heavy atom. The van der Waals surface area contributed by atoms with E-state index in [2.05, 4.69) is 41.4 Å². The van der Waals surface area contributed by atoms with Crippen molar-refractivity contribution in [1.29, 1.82) is 0 Å². The van der Waals surface area contributed by atoms with E-state index in [4.69, 9.17) is 0 Å². The Balaban J connectivity index is 1.50. The van der Waals surface area contributed by atoms with Crippen molar-refractivity contribution in [2.45, 2.75) is 39.8 Å². The van der Waals surface area contributed by atoms with E-state index in [-0.39, 0.29) is 5.91 Å². The molecule has 0 saturated carbocycles. The van der Waals surface area contributed by atoms with Gasteiger partial charge in [-0.15, -0.1) is 0 Å². The molecule has 1 fully saturated rings. The second-order valence-electron chi connectivity index (χ2n) is 7.35. The fourth-order valence-corrected chi connectivity index (χ4v) is 3.44. The lowest BCUT2D eigenvalue weighted by Crippen LogP contribution is -2.33. The number of amides is 1. The van der Waals surface area contributed by atoms with Gasteiger partial charge in [0.05, 0.1) is 0 Å². The number of carbonyl (C=O) groups excluding carboxylic acids is 1. The lowest BCUT2D eigenvalue weighted by atomic mass is 9.99. The van der Waals surface area contributed by atoms with E-state index in [1.54, 1.807) is 0 Å². The van der Waals surface area contributed by atoms with Crippen molar-refractivity contribution in [3.05, 3.63) is 70.8 Å². The predicted octanol–water partition coefficient (Wildman–Crippen LogP) is 4.16. The van der Waals surface area contributed by atoms with Crippen LogP contribution in [0.4, 0.5) is 0 Å². The smallest absolute Gasteiger partial charge is 0.251 e. The summed E-state index contributed by atoms with van der Waals surface area (Å²) in [6, 6.07) is 16.3. The van der Waals surface area contributed by atoms with Gasteiger partial charge in [-0.05, 0) is 55.5 Å². The highest BCUT2D eigenvalue weighted by molar-refractivity contribution is 5.94. The van der Waals surface area contributed by atoms with Crippen molar-refractivity contribution in [3.8, 4) is 0 Å². The predicted molar refractivity (Wildman–Crippen MR) is 102 cm³/mol. The molecule has 1 N–H and O–H groups in total. The van der Waals surface area contributed by atoms with Crippen LogP contribution in [0.1, 0.15) is 46.8 Å². The van der Waals surface area contributed by atoms with E-state index in [0.717, 1.165) is 23.6 Å². The number of hydrogen-bond donors (Lipinski definition) is 1. The number of rotatable bonds is 5. The van der Waals surface area contributed by atoms with Gasteiger partial charge in [0.15, 0.2) is 0 Å². The van der Waals surface area contributed by atoms with Crippen LogP contribution in [-0.2, 0) is 13.1 Å². The van der Waals surface area contributed by atoms with Gasteiger partial charge in [-0.25, -0.2) is 0 Å². The first kappa shape index (κ1) is 17.7. The molecule has 1 saturated heterocycles. The summed E-state index contributed by atoms with van der Waals surface area (Å²) in [5.74, 6) is 0.788. The van der Waals surface area contributed by atoms with Gasteiger partial charge in [0.2, 0.25) is 0 Å². The maximum absolute atomic E-state index is 12.2. The van der Waals surface area contributed by atoms with Gasteiger partial charge in [-0.3, -0.25) is 9.69 Å². The summed E-state index contributed by atoms with van der Waals surface area (Å²) in [7, 11) is 0. The third-order valence-electron chi connectivity index (χ3n) is 4.94. The van der Waals surface area contributed by atoms with Crippen LogP contribution in [0.15, 0.2) is 48.5 Å². The average Bonchev–Trinajstić information content (AvgIpc) is 2.61. The number of piperidine rings is 1. The third kappa shape index (κ3) is 5.17. The molecule has 3 rings (SSSR count). The molecule has 1 amide bonds. The van der Waals surface area contributed by atoms with E-state index < -0.39 is 0 Å². The highest BCUT2D eigenvalue weighted by Crippen LogP contribution is 2.18. The van der Waals surface area contributed by atoms with Crippen LogP contribution < -0.4 is 5.32 Å². The Hall–Kier alpha value is -2.13. The van der Waals surface area contributed by atoms with E-state index in [0.29, 0.717) is 12.1 Å². The largest absolute Gasteiger partial charge is 0.348 e. The Morgan fingerprint density at radius 1 is 1.08 bits per heavy atom. The van der Waals surface area contributed by atoms with Crippen molar-refractivity contribution in [1.82, 2.24) is 10.2 Å². The topological polar surface area (TPSA) is 32.3 Å². The second kappa shape index (κ2) is 8.30. The Morgan fingerprint density at radius 2 is 1.76 bits per heavy atom. The molecule has 3 heteroatoms. The third-order valence-corrected chi connectivity index (χ3v) is 4.94. The summed E-state index contributed by atoms with van der Waals surface area (Å²) in [4.78, 5) is 14.7. The second-order valence-corrected chi connectivity index (χ2v) is 7.35. The summed E-state index contributed by atoms with van der Waals surface area (Å²) in [6.45, 7) is 8.36. The minimum atomic E-state index is -0.0219. The van der Waals surface area contributed by atoms with E-state index in [1.807, 2.05) is 31.2 Å². The van der Waals surface area contributed by atoms with Crippen LogP contribution in [0, 0.1) is 12.8 Å². The molecule has 0 bridgehead atoms. The zero-order valence-corrected chi connectivity index (χ0v) is 15.3. The van der Waals surface area contributed by atoms with E-state index >= 15 is 0 Å². The maximum atomic E-state index is 12.2. The van der Waals surface area contributed by atoms with Gasteiger partial charge >= 0.3 is 0 Å². The van der Waals surface area contributed by atoms with Gasteiger partial charge in [0, 0.05) is 25.2 Å². The summed E-state index contributed by atoms with van der Waals surface area (Å²) in [5, 5.41) is 2.99. The summed E-state index contributed by atoms with van der Waals surface area (Å²) < 4.78 is 0. The van der Waals surface area contributed by atoms with Gasteiger partial charge in [-0.2, -0.15) is 0 Å². The van der Waals surface area contributed by atoms with Crippen LogP contribution in [0.3, 0.4) is 0 Å². The Labute approximate surface area is 151 Å². The number of carbonyl (C=O) groups is 1. The number of aryl methyl sites for hydroxylation is 1. The average molecular weight is 336 g/mol. The summed E-state index contributed by atoms with van der Waals surface area (Å²) >= 11 is 0. The van der Waals surface area contributed by atoms with Crippen LogP contribution in [-0.4, -0.2) is 23.9 Å². The van der Waals surface area contributed by atoms with Crippen LogP contribution in [0.2, 0.25) is 0 Å². The first-order chi connectivity index (χ1) is 12.1. The molecule has 1 aliphatic heterocycles. The monoisotopic (exact) mass is 336 g/mol. The van der Waals surface area contributed by atoms with Crippen molar-refractivity contribution in [2.75, 3.05) is 13.1 Å². The lowest BCUT2D eigenvalue weighted by molar-refractivity contribution is 0.0951. The number of nitrogens with zero attached hydrogens (tertiary/aromatic N) is 1. The van der Waals surface area contributed by atoms with Crippen molar-refractivity contribution in [2.24, 2.45) is 5.92 Å². The van der Waals surface area contributed by atoms with Gasteiger partial charge < -0.3 is 5.32 Å². The number of likely N-dealkylation sites (tertiary alicyclic amines) is 1. The molecular formula is C22H28N2O. The molecule has 2 aromatic carbocycles. The van der Waals surface area contributed by atoms with Crippen molar-refractivity contribution in [3.63, 3.8) is 0 Å². The summed E-state index contributed by atoms with van der Waals surface area (Å²) in [6.07, 6.45) is 2.67. The normalized spacial score (nSPS) is 18.1. The summed E-state index contributed by atoms with van der Waals surface area (Å²) in [5.41, 5.74) is 4.36. The Bertz CT molecular complexity index is 691. The molecule has 1 atom stereocenters. The molecule has 132 valence electrons. The maximum Gasteiger partial charge on any atom is 0.251 e. The van der Waals surface area contributed by atoms with Crippen LogP contribution in [0.5, 0.6) is 0 Å². The quantitative estimate of drug-likeness (QED) is 0.889. The molecule has 0 aromatic heterocycles. The molecule has 1 heterocycles. The molecule has 2 aromatic rings. The molecule has 0 aliphatic carbocycles. The molecule has 0 unspecified atom stereocenters. The minimum absolute atomic E-state index is 0.0219. The number of benzene rings is 2. The molecule has 25 heavy (non-hydrogen) atoms. The fourth-order valence-electron chi connectivity index (χ4n) is 3.44. The lowest BCUT2D eigenvalue weighted by Gasteiger charge is -2.30. The van der Waals surface area contributed by atoms with Gasteiger partial charge in [0.1, 0.15) is 0 Å². The van der Waals surface area contributed by atoms with Gasteiger partial charge in [0.25, 0.3) is 5.91 Å². The first-order valence-corrected chi connectivity index (χ1v) is 9.25. The standard InChI is InChI=1S/C22H28N2O/c1-17-5-11-21(12-6-17)22(25)23-14-19-7-9-20(10-8-19)16-24-13-3-4-18(2)15-24/h5-12,18H,3-4,13-16H2,1-2H3,(H,23,25)/t18-/m0/s1. The highest BCUT2D eigenvalue weighted by Gasteiger charge is 2.16. The van der Waals surface area contributed by atoms with Gasteiger partial charge in [-0.1, -0.05) is 48.9 Å². The Kier molecular flexibility index (Phi) is 5.87.